The van der Waals surface area contributed by atoms with Crippen molar-refractivity contribution in [2.24, 2.45) is 7.05 Å². The monoisotopic (exact) mass is 308 g/mol. The lowest BCUT2D eigenvalue weighted by Crippen LogP contribution is -2.11. The highest BCUT2D eigenvalue weighted by molar-refractivity contribution is 6.04. The maximum absolute atomic E-state index is 12.3. The number of aryl methyl sites for hydroxylation is 1. The Hall–Kier alpha value is -2.99. The number of carbonyl (C=O) groups excluding carboxylic acids is 1. The first-order chi connectivity index (χ1) is 11.2. The van der Waals surface area contributed by atoms with Crippen LogP contribution in [0.2, 0.25) is 0 Å². The predicted molar refractivity (Wildman–Crippen MR) is 86.8 cm³/mol. The molecule has 1 heterocycles. The summed E-state index contributed by atoms with van der Waals surface area (Å²) in [5, 5.41) is 16.2. The van der Waals surface area contributed by atoms with Crippen molar-refractivity contribution >= 4 is 11.6 Å². The fourth-order valence-corrected chi connectivity index (χ4v) is 2.19. The van der Waals surface area contributed by atoms with Crippen LogP contribution in [0, 0.1) is 0 Å². The Labute approximate surface area is 133 Å². The van der Waals surface area contributed by atoms with Gasteiger partial charge in [0.2, 0.25) is 0 Å². The Morgan fingerprint density at radius 1 is 1.22 bits per heavy atom. The molecule has 6 heteroatoms. The number of hydrogen-bond acceptors (Lipinski definition) is 4. The Morgan fingerprint density at radius 2 is 2.00 bits per heavy atom. The van der Waals surface area contributed by atoms with Crippen molar-refractivity contribution in [1.29, 1.82) is 0 Å². The van der Waals surface area contributed by atoms with Gasteiger partial charge in [-0.05, 0) is 29.8 Å². The summed E-state index contributed by atoms with van der Waals surface area (Å²) in [4.78, 5) is 16.4. The van der Waals surface area contributed by atoms with E-state index >= 15 is 0 Å². The molecule has 0 bridgehead atoms. The maximum Gasteiger partial charge on any atom is 0.255 e. The fourth-order valence-electron chi connectivity index (χ4n) is 2.19. The van der Waals surface area contributed by atoms with E-state index in [9.17, 15) is 4.79 Å². The van der Waals surface area contributed by atoms with Crippen molar-refractivity contribution < 1.29 is 9.90 Å². The fraction of sp³-hybridized carbons (Fsp3) is 0.118. The zero-order valence-electron chi connectivity index (χ0n) is 12.6. The second-order valence-electron chi connectivity index (χ2n) is 5.13. The number of anilines is 1. The highest BCUT2D eigenvalue weighted by atomic mass is 16.3. The van der Waals surface area contributed by atoms with E-state index in [4.69, 9.17) is 5.11 Å². The van der Waals surface area contributed by atoms with Crippen LogP contribution in [-0.4, -0.2) is 25.8 Å². The van der Waals surface area contributed by atoms with Crippen molar-refractivity contribution in [3.8, 4) is 11.4 Å². The van der Waals surface area contributed by atoms with Gasteiger partial charge in [-0.2, -0.15) is 5.10 Å². The number of hydrogen-bond donors (Lipinski definition) is 2. The van der Waals surface area contributed by atoms with E-state index in [1.165, 1.54) is 0 Å². The third kappa shape index (κ3) is 3.44. The number of carbonyl (C=O) groups is 1. The molecule has 1 aromatic heterocycles. The molecule has 6 nitrogen and oxygen atoms in total. The molecule has 0 aliphatic rings. The molecular formula is C17H16N4O2. The van der Waals surface area contributed by atoms with Crippen LogP contribution in [0.3, 0.4) is 0 Å². The average Bonchev–Trinajstić information content (AvgIpc) is 3.01. The highest BCUT2D eigenvalue weighted by Gasteiger charge is 2.08. The molecule has 3 aromatic rings. The van der Waals surface area contributed by atoms with E-state index in [-0.39, 0.29) is 12.5 Å². The third-order valence-electron chi connectivity index (χ3n) is 3.37. The minimum atomic E-state index is -0.208. The Kier molecular flexibility index (Phi) is 4.16. The maximum atomic E-state index is 12.3. The first-order valence-corrected chi connectivity index (χ1v) is 7.13. The molecule has 3 rings (SSSR count). The quantitative estimate of drug-likeness (QED) is 0.774. The molecule has 0 saturated carbocycles. The largest absolute Gasteiger partial charge is 0.392 e. The molecule has 0 aliphatic heterocycles. The molecule has 0 spiro atoms. The normalized spacial score (nSPS) is 10.5. The van der Waals surface area contributed by atoms with Gasteiger partial charge in [-0.25, -0.2) is 4.98 Å². The molecule has 0 aliphatic carbocycles. The lowest BCUT2D eigenvalue weighted by molar-refractivity contribution is 0.102. The molecule has 116 valence electrons. The van der Waals surface area contributed by atoms with Crippen LogP contribution < -0.4 is 5.32 Å². The molecule has 0 fully saturated rings. The van der Waals surface area contributed by atoms with Crippen molar-refractivity contribution in [2.75, 3.05) is 5.32 Å². The van der Waals surface area contributed by atoms with E-state index in [1.807, 2.05) is 12.1 Å². The van der Waals surface area contributed by atoms with Crippen molar-refractivity contribution in [2.45, 2.75) is 6.61 Å². The molecule has 2 N–H and O–H groups in total. The third-order valence-corrected chi connectivity index (χ3v) is 3.37. The molecular weight excluding hydrogens is 292 g/mol. The van der Waals surface area contributed by atoms with Gasteiger partial charge in [0.05, 0.1) is 6.61 Å². The van der Waals surface area contributed by atoms with Gasteiger partial charge in [0.25, 0.3) is 5.91 Å². The summed E-state index contributed by atoms with van der Waals surface area (Å²) in [6.07, 6.45) is 1.63. The number of nitrogens with zero attached hydrogens (tertiary/aromatic N) is 3. The zero-order valence-corrected chi connectivity index (χ0v) is 12.6. The summed E-state index contributed by atoms with van der Waals surface area (Å²) in [5.74, 6) is 0.413. The number of aromatic nitrogens is 3. The summed E-state index contributed by atoms with van der Waals surface area (Å²) < 4.78 is 1.63. The Morgan fingerprint density at radius 3 is 2.65 bits per heavy atom. The number of aliphatic hydroxyl groups excluding tert-OH is 1. The smallest absolute Gasteiger partial charge is 0.255 e. The molecule has 0 unspecified atom stereocenters. The minimum Gasteiger partial charge on any atom is -0.392 e. The summed E-state index contributed by atoms with van der Waals surface area (Å²) in [5.41, 5.74) is 2.79. The molecule has 23 heavy (non-hydrogen) atoms. The van der Waals surface area contributed by atoms with Gasteiger partial charge < -0.3 is 10.4 Å². The van der Waals surface area contributed by atoms with Crippen LogP contribution in [0.1, 0.15) is 15.9 Å². The van der Waals surface area contributed by atoms with Crippen LogP contribution in [0.4, 0.5) is 5.69 Å². The van der Waals surface area contributed by atoms with Gasteiger partial charge in [-0.1, -0.05) is 24.3 Å². The van der Waals surface area contributed by atoms with Crippen molar-refractivity contribution in [1.82, 2.24) is 14.8 Å². The number of aliphatic hydroxyl groups is 1. The van der Waals surface area contributed by atoms with E-state index < -0.39 is 0 Å². The van der Waals surface area contributed by atoms with Crippen LogP contribution >= 0.6 is 0 Å². The molecule has 2 aromatic carbocycles. The SMILES string of the molecule is Cn1cnc(-c2ccc(C(=O)Nc3cccc(CO)c3)cc2)n1. The van der Waals surface area contributed by atoms with Crippen molar-refractivity contribution in [3.05, 3.63) is 66.0 Å². The predicted octanol–water partition coefficient (Wildman–Crippen LogP) is 2.23. The summed E-state index contributed by atoms with van der Waals surface area (Å²) in [6, 6.07) is 14.2. The van der Waals surface area contributed by atoms with Crippen LogP contribution in [0.5, 0.6) is 0 Å². The number of amides is 1. The van der Waals surface area contributed by atoms with E-state index in [2.05, 4.69) is 15.4 Å². The lowest BCUT2D eigenvalue weighted by Gasteiger charge is -2.07. The minimum absolute atomic E-state index is 0.0600. The van der Waals surface area contributed by atoms with Gasteiger partial charge in [-0.3, -0.25) is 9.48 Å². The topological polar surface area (TPSA) is 80.0 Å². The second-order valence-corrected chi connectivity index (χ2v) is 5.13. The zero-order chi connectivity index (χ0) is 16.2. The molecule has 1 amide bonds. The molecule has 0 atom stereocenters. The lowest BCUT2D eigenvalue weighted by atomic mass is 10.1. The summed E-state index contributed by atoms with van der Waals surface area (Å²) in [7, 11) is 1.80. The number of rotatable bonds is 4. The second kappa shape index (κ2) is 6.41. The standard InChI is InChI=1S/C17H16N4O2/c1-21-11-18-16(20-21)13-5-7-14(8-6-13)17(23)19-15-4-2-3-12(9-15)10-22/h2-9,11,22H,10H2,1H3,(H,19,23). The number of benzene rings is 2. The molecule has 0 saturated heterocycles. The van der Waals surface area contributed by atoms with Gasteiger partial charge in [-0.15, -0.1) is 0 Å². The van der Waals surface area contributed by atoms with E-state index in [0.717, 1.165) is 11.1 Å². The Balaban J connectivity index is 1.75. The highest BCUT2D eigenvalue weighted by Crippen LogP contribution is 2.17. The van der Waals surface area contributed by atoms with Crippen LogP contribution in [-0.2, 0) is 13.7 Å². The van der Waals surface area contributed by atoms with Crippen LogP contribution in [0.25, 0.3) is 11.4 Å². The van der Waals surface area contributed by atoms with E-state index in [1.54, 1.807) is 54.5 Å². The number of nitrogens with one attached hydrogen (secondary N) is 1. The first kappa shape index (κ1) is 14.9. The summed E-state index contributed by atoms with van der Waals surface area (Å²) >= 11 is 0. The van der Waals surface area contributed by atoms with Gasteiger partial charge in [0.1, 0.15) is 6.33 Å². The first-order valence-electron chi connectivity index (χ1n) is 7.13. The van der Waals surface area contributed by atoms with Gasteiger partial charge in [0.15, 0.2) is 5.82 Å². The Bertz CT molecular complexity index is 825. The van der Waals surface area contributed by atoms with Gasteiger partial charge in [0, 0.05) is 23.9 Å². The van der Waals surface area contributed by atoms with E-state index in [0.29, 0.717) is 17.1 Å². The summed E-state index contributed by atoms with van der Waals surface area (Å²) in [6.45, 7) is -0.0600. The molecule has 0 radical (unpaired) electrons. The van der Waals surface area contributed by atoms with Gasteiger partial charge >= 0.3 is 0 Å². The average molecular weight is 308 g/mol. The van der Waals surface area contributed by atoms with Crippen molar-refractivity contribution in [3.63, 3.8) is 0 Å². The van der Waals surface area contributed by atoms with Crippen LogP contribution in [0.15, 0.2) is 54.9 Å².